The highest BCUT2D eigenvalue weighted by Gasteiger charge is 2.48. The fourth-order valence-corrected chi connectivity index (χ4v) is 4.64. The number of halogens is 1. The summed E-state index contributed by atoms with van der Waals surface area (Å²) in [6, 6.07) is 7.34. The highest BCUT2D eigenvalue weighted by Crippen LogP contribution is 2.42. The molecule has 2 aliphatic rings. The molecule has 1 saturated carbocycles. The van der Waals surface area contributed by atoms with Gasteiger partial charge in [-0.15, -0.1) is 0 Å². The molecular formula is C22H30ClNO4. The lowest BCUT2D eigenvalue weighted by Gasteiger charge is -2.44. The molecule has 5 nitrogen and oxygen atoms in total. The van der Waals surface area contributed by atoms with Gasteiger partial charge in [-0.3, -0.25) is 9.59 Å². The van der Waals surface area contributed by atoms with E-state index in [0.717, 1.165) is 38.7 Å². The highest BCUT2D eigenvalue weighted by atomic mass is 35.5. The van der Waals surface area contributed by atoms with Crippen molar-refractivity contribution in [1.29, 1.82) is 0 Å². The molecule has 0 radical (unpaired) electrons. The summed E-state index contributed by atoms with van der Waals surface area (Å²) in [5.41, 5.74) is -0.313. The van der Waals surface area contributed by atoms with Crippen LogP contribution in [0.1, 0.15) is 57.4 Å². The molecule has 1 amide bonds. The Hall–Kier alpha value is -1.43. The van der Waals surface area contributed by atoms with Crippen molar-refractivity contribution in [2.75, 3.05) is 20.3 Å². The molecule has 154 valence electrons. The van der Waals surface area contributed by atoms with E-state index in [1.165, 1.54) is 0 Å². The molecule has 0 spiro atoms. The number of nitrogens with zero attached hydrogens (tertiary/aromatic N) is 1. The Kier molecular flexibility index (Phi) is 7.13. The number of benzene rings is 1. The summed E-state index contributed by atoms with van der Waals surface area (Å²) in [6.45, 7) is 2.89. The average Bonchev–Trinajstić information content (AvgIpc) is 2.73. The normalized spacial score (nSPS) is 26.7. The summed E-state index contributed by atoms with van der Waals surface area (Å²) in [7, 11) is 1.70. The maximum absolute atomic E-state index is 13.2. The number of ketones is 1. The molecule has 1 aromatic rings. The lowest BCUT2D eigenvalue weighted by molar-refractivity contribution is -0.158. The van der Waals surface area contributed by atoms with Gasteiger partial charge in [0.25, 0.3) is 5.91 Å². The van der Waals surface area contributed by atoms with Crippen molar-refractivity contribution >= 4 is 23.3 Å². The highest BCUT2D eigenvalue weighted by molar-refractivity contribution is 6.31. The van der Waals surface area contributed by atoms with Gasteiger partial charge in [0.1, 0.15) is 11.6 Å². The minimum absolute atomic E-state index is 0.0446. The first kappa shape index (κ1) is 21.3. The van der Waals surface area contributed by atoms with Gasteiger partial charge in [0.2, 0.25) is 0 Å². The Morgan fingerprint density at radius 2 is 2.11 bits per heavy atom. The van der Waals surface area contributed by atoms with Crippen LogP contribution in [0.25, 0.3) is 0 Å². The molecule has 3 rings (SSSR count). The lowest BCUT2D eigenvalue weighted by Crippen LogP contribution is -2.56. The number of amides is 1. The van der Waals surface area contributed by atoms with E-state index < -0.39 is 11.6 Å². The Labute approximate surface area is 172 Å². The first-order valence-corrected chi connectivity index (χ1v) is 10.6. The molecule has 0 aromatic heterocycles. The van der Waals surface area contributed by atoms with Crippen LogP contribution in [-0.4, -0.2) is 49.1 Å². The average molecular weight is 408 g/mol. The Morgan fingerprint density at radius 1 is 1.32 bits per heavy atom. The SMILES string of the molecule is CC(OCC1CCCCO1)C(=O)N(C)C1(c2ccccc2Cl)CCCCC1=O. The molecule has 28 heavy (non-hydrogen) atoms. The van der Waals surface area contributed by atoms with Gasteiger partial charge in [0.15, 0.2) is 5.78 Å². The van der Waals surface area contributed by atoms with Crippen LogP contribution in [0.2, 0.25) is 5.02 Å². The van der Waals surface area contributed by atoms with E-state index in [9.17, 15) is 9.59 Å². The Bertz CT molecular complexity index is 704. The van der Waals surface area contributed by atoms with E-state index in [0.29, 0.717) is 30.0 Å². The van der Waals surface area contributed by atoms with Crippen molar-refractivity contribution < 1.29 is 19.1 Å². The largest absolute Gasteiger partial charge is 0.376 e. The minimum Gasteiger partial charge on any atom is -0.376 e. The van der Waals surface area contributed by atoms with Gasteiger partial charge in [0.05, 0.1) is 12.7 Å². The van der Waals surface area contributed by atoms with Gasteiger partial charge >= 0.3 is 0 Å². The standard InChI is InChI=1S/C22H30ClNO4/c1-16(28-15-17-9-6-8-14-27-17)21(26)24(2)22(13-7-5-12-20(22)25)18-10-3-4-11-19(18)23/h3-4,10-11,16-17H,5-9,12-15H2,1-2H3. The van der Waals surface area contributed by atoms with Crippen LogP contribution in [-0.2, 0) is 24.6 Å². The summed E-state index contributed by atoms with van der Waals surface area (Å²) in [5, 5.41) is 0.515. The molecule has 0 bridgehead atoms. The minimum atomic E-state index is -1.02. The molecule has 0 N–H and O–H groups in total. The van der Waals surface area contributed by atoms with Crippen LogP contribution in [0.15, 0.2) is 24.3 Å². The molecule has 1 saturated heterocycles. The van der Waals surface area contributed by atoms with Crippen LogP contribution in [0, 0.1) is 0 Å². The van der Waals surface area contributed by atoms with Crippen LogP contribution < -0.4 is 0 Å². The summed E-state index contributed by atoms with van der Waals surface area (Å²) in [6.07, 6.45) is 5.31. The van der Waals surface area contributed by atoms with Gasteiger partial charge < -0.3 is 14.4 Å². The third-order valence-corrected chi connectivity index (χ3v) is 6.36. The topological polar surface area (TPSA) is 55.8 Å². The summed E-state index contributed by atoms with van der Waals surface area (Å²) < 4.78 is 11.5. The second kappa shape index (κ2) is 9.38. The number of carbonyl (C=O) groups excluding carboxylic acids is 2. The van der Waals surface area contributed by atoms with Crippen LogP contribution in [0.3, 0.4) is 0 Å². The van der Waals surface area contributed by atoms with E-state index in [2.05, 4.69) is 0 Å². The number of hydrogen-bond donors (Lipinski definition) is 0. The van der Waals surface area contributed by atoms with Gasteiger partial charge in [-0.25, -0.2) is 0 Å². The molecule has 2 fully saturated rings. The molecule has 1 heterocycles. The molecule has 1 aromatic carbocycles. The monoisotopic (exact) mass is 407 g/mol. The van der Waals surface area contributed by atoms with E-state index in [1.54, 1.807) is 24.9 Å². The fourth-order valence-electron chi connectivity index (χ4n) is 4.35. The zero-order valence-electron chi connectivity index (χ0n) is 16.8. The predicted molar refractivity (Wildman–Crippen MR) is 108 cm³/mol. The second-order valence-corrected chi connectivity index (χ2v) is 8.24. The van der Waals surface area contributed by atoms with Crippen molar-refractivity contribution in [2.45, 2.75) is 69.6 Å². The lowest BCUT2D eigenvalue weighted by atomic mass is 9.74. The van der Waals surface area contributed by atoms with E-state index >= 15 is 0 Å². The van der Waals surface area contributed by atoms with Gasteiger partial charge in [0, 0.05) is 30.7 Å². The summed E-state index contributed by atoms with van der Waals surface area (Å²) in [4.78, 5) is 27.9. The van der Waals surface area contributed by atoms with Gasteiger partial charge in [-0.05, 0) is 51.5 Å². The molecule has 3 atom stereocenters. The number of Topliss-reactive ketones (excluding diaryl/α,β-unsaturated/α-hetero) is 1. The Balaban J connectivity index is 1.78. The third-order valence-electron chi connectivity index (χ3n) is 6.03. The van der Waals surface area contributed by atoms with Crippen molar-refractivity contribution in [2.24, 2.45) is 0 Å². The van der Waals surface area contributed by atoms with Crippen molar-refractivity contribution in [1.82, 2.24) is 4.90 Å². The van der Waals surface area contributed by atoms with E-state index in [1.807, 2.05) is 18.2 Å². The maximum Gasteiger partial charge on any atom is 0.252 e. The zero-order valence-corrected chi connectivity index (χ0v) is 17.5. The van der Waals surface area contributed by atoms with Crippen LogP contribution in [0.5, 0.6) is 0 Å². The number of ether oxygens (including phenoxy) is 2. The number of carbonyl (C=O) groups is 2. The predicted octanol–water partition coefficient (Wildman–Crippen LogP) is 4.11. The Morgan fingerprint density at radius 3 is 2.79 bits per heavy atom. The first-order valence-electron chi connectivity index (χ1n) is 10.3. The van der Waals surface area contributed by atoms with E-state index in [4.69, 9.17) is 21.1 Å². The van der Waals surface area contributed by atoms with E-state index in [-0.39, 0.29) is 17.8 Å². The number of rotatable bonds is 6. The number of hydrogen-bond acceptors (Lipinski definition) is 4. The van der Waals surface area contributed by atoms with Gasteiger partial charge in [-0.2, -0.15) is 0 Å². The van der Waals surface area contributed by atoms with Crippen molar-refractivity contribution in [3.05, 3.63) is 34.9 Å². The zero-order chi connectivity index (χ0) is 20.1. The molecule has 1 aliphatic heterocycles. The number of likely N-dealkylation sites (N-methyl/N-ethyl adjacent to an activating group) is 1. The smallest absolute Gasteiger partial charge is 0.252 e. The van der Waals surface area contributed by atoms with Crippen LogP contribution >= 0.6 is 11.6 Å². The summed E-state index contributed by atoms with van der Waals surface area (Å²) >= 11 is 6.47. The van der Waals surface area contributed by atoms with Crippen molar-refractivity contribution in [3.63, 3.8) is 0 Å². The van der Waals surface area contributed by atoms with Crippen molar-refractivity contribution in [3.8, 4) is 0 Å². The van der Waals surface area contributed by atoms with Gasteiger partial charge in [-0.1, -0.05) is 29.8 Å². The molecule has 3 unspecified atom stereocenters. The third kappa shape index (κ3) is 4.27. The van der Waals surface area contributed by atoms with Crippen LogP contribution in [0.4, 0.5) is 0 Å². The maximum atomic E-state index is 13.2. The first-order chi connectivity index (χ1) is 13.5. The quantitative estimate of drug-likeness (QED) is 0.712. The second-order valence-electron chi connectivity index (χ2n) is 7.83. The molecule has 1 aliphatic carbocycles. The summed E-state index contributed by atoms with van der Waals surface area (Å²) in [5.74, 6) is -0.156. The molecular weight excluding hydrogens is 378 g/mol. The molecule has 6 heteroatoms. The fraction of sp³-hybridized carbons (Fsp3) is 0.636.